The highest BCUT2D eigenvalue weighted by Crippen LogP contribution is 2.09. The summed E-state index contributed by atoms with van der Waals surface area (Å²) < 4.78 is 0. The Hall–Kier alpha value is -2.56. The number of hydrogen-bond acceptors (Lipinski definition) is 2. The van der Waals surface area contributed by atoms with E-state index in [4.69, 9.17) is 10.2 Å². The van der Waals surface area contributed by atoms with Gasteiger partial charge in [-0.05, 0) is 23.8 Å². The van der Waals surface area contributed by atoms with Gasteiger partial charge in [-0.2, -0.15) is 0 Å². The lowest BCUT2D eigenvalue weighted by Gasteiger charge is -2.07. The molecule has 5 nitrogen and oxygen atoms in total. The summed E-state index contributed by atoms with van der Waals surface area (Å²) in [6.07, 6.45) is 2.25. The van der Waals surface area contributed by atoms with Gasteiger partial charge >= 0.3 is 12.1 Å². The van der Waals surface area contributed by atoms with Crippen molar-refractivity contribution in [3.8, 4) is 0 Å². The molecule has 5 heteroatoms. The van der Waals surface area contributed by atoms with E-state index in [1.807, 2.05) is 0 Å². The van der Waals surface area contributed by atoms with Crippen molar-refractivity contribution in [2.24, 2.45) is 0 Å². The number of carboxylic acid groups (broad SMARTS) is 2. The van der Waals surface area contributed by atoms with Gasteiger partial charge in [0.25, 0.3) is 0 Å². The van der Waals surface area contributed by atoms with Crippen LogP contribution in [0.2, 0.25) is 0 Å². The van der Waals surface area contributed by atoms with E-state index in [1.165, 1.54) is 18.2 Å². The van der Waals surface area contributed by atoms with E-state index in [-0.39, 0.29) is 5.56 Å². The molecule has 1 rings (SSSR count). The summed E-state index contributed by atoms with van der Waals surface area (Å²) in [5, 5.41) is 19.6. The Balaban J connectivity index is 2.81. The van der Waals surface area contributed by atoms with E-state index >= 15 is 0 Å². The molecule has 1 aromatic carbocycles. The maximum Gasteiger partial charge on any atom is 0.408 e. The van der Waals surface area contributed by atoms with Gasteiger partial charge in [0.1, 0.15) is 0 Å². The number of amides is 1. The standard InChI is InChI=1S/C13H13NO4/c1-2-3-11(14-13(17)18)8-9-4-6-10(7-5-9)12(15)16/h2-7,14H,1,8H2,(H,15,16)(H,17,18). The van der Waals surface area contributed by atoms with Crippen LogP contribution in [0.4, 0.5) is 4.79 Å². The third-order valence-corrected chi connectivity index (χ3v) is 2.18. The van der Waals surface area contributed by atoms with Crippen molar-refractivity contribution < 1.29 is 19.8 Å². The summed E-state index contributed by atoms with van der Waals surface area (Å²) in [6.45, 7) is 3.50. The summed E-state index contributed by atoms with van der Waals surface area (Å²) in [5.41, 5.74) is 1.47. The zero-order valence-corrected chi connectivity index (χ0v) is 9.59. The minimum atomic E-state index is -1.15. The predicted molar refractivity (Wildman–Crippen MR) is 66.5 cm³/mol. The summed E-state index contributed by atoms with van der Waals surface area (Å²) in [7, 11) is 0. The molecule has 0 atom stereocenters. The minimum Gasteiger partial charge on any atom is -0.478 e. The van der Waals surface area contributed by atoms with Crippen LogP contribution in [0.1, 0.15) is 15.9 Å². The molecule has 1 aromatic rings. The fraction of sp³-hybridized carbons (Fsp3) is 0.0769. The first-order chi connectivity index (χ1) is 8.52. The third-order valence-electron chi connectivity index (χ3n) is 2.18. The van der Waals surface area contributed by atoms with Crippen LogP contribution in [0.25, 0.3) is 0 Å². The summed E-state index contributed by atoms with van der Waals surface area (Å²) in [5.74, 6) is -0.993. The van der Waals surface area contributed by atoms with Crippen LogP contribution in [0, 0.1) is 0 Å². The van der Waals surface area contributed by atoms with Crippen LogP contribution in [0.5, 0.6) is 0 Å². The maximum atomic E-state index is 10.7. The summed E-state index contributed by atoms with van der Waals surface area (Å²) in [4.78, 5) is 21.2. The van der Waals surface area contributed by atoms with Gasteiger partial charge in [0.2, 0.25) is 0 Å². The molecule has 0 radical (unpaired) electrons. The van der Waals surface area contributed by atoms with Crippen LogP contribution < -0.4 is 5.32 Å². The second kappa shape index (κ2) is 6.24. The Kier molecular flexibility index (Phi) is 4.68. The largest absolute Gasteiger partial charge is 0.478 e. The van der Waals surface area contributed by atoms with E-state index in [9.17, 15) is 9.59 Å². The molecule has 94 valence electrons. The van der Waals surface area contributed by atoms with Crippen LogP contribution in [-0.4, -0.2) is 22.3 Å². The normalized spacial score (nSPS) is 10.8. The van der Waals surface area contributed by atoms with Crippen molar-refractivity contribution in [3.63, 3.8) is 0 Å². The van der Waals surface area contributed by atoms with E-state index in [0.717, 1.165) is 5.56 Å². The Bertz CT molecular complexity index is 488. The molecule has 0 aromatic heterocycles. The molecule has 0 aliphatic carbocycles. The number of carboxylic acids is 1. The van der Waals surface area contributed by atoms with Gasteiger partial charge in [0, 0.05) is 12.1 Å². The quantitative estimate of drug-likeness (QED) is 0.696. The molecule has 1 amide bonds. The average Bonchev–Trinajstić information content (AvgIpc) is 2.29. The second-order valence-corrected chi connectivity index (χ2v) is 3.54. The lowest BCUT2D eigenvalue weighted by molar-refractivity contribution is 0.0697. The molecule has 0 fully saturated rings. The second-order valence-electron chi connectivity index (χ2n) is 3.54. The molecule has 0 saturated carbocycles. The molecule has 0 bridgehead atoms. The van der Waals surface area contributed by atoms with Gasteiger partial charge in [-0.1, -0.05) is 24.8 Å². The zero-order chi connectivity index (χ0) is 13.5. The SMILES string of the molecule is C=CC=C(Cc1ccc(C(=O)O)cc1)NC(=O)O. The van der Waals surface area contributed by atoms with E-state index in [0.29, 0.717) is 12.1 Å². The molecule has 0 unspecified atom stereocenters. The lowest BCUT2D eigenvalue weighted by Crippen LogP contribution is -2.21. The van der Waals surface area contributed by atoms with Gasteiger partial charge in [-0.3, -0.25) is 5.32 Å². The average molecular weight is 247 g/mol. The highest BCUT2D eigenvalue weighted by Gasteiger charge is 2.05. The minimum absolute atomic E-state index is 0.194. The number of rotatable bonds is 5. The van der Waals surface area contributed by atoms with Crippen molar-refractivity contribution in [1.29, 1.82) is 0 Å². The van der Waals surface area contributed by atoms with Crippen molar-refractivity contribution in [3.05, 3.63) is 59.8 Å². The Labute approximate surface area is 104 Å². The molecular weight excluding hydrogens is 234 g/mol. The van der Waals surface area contributed by atoms with Gasteiger partial charge in [-0.15, -0.1) is 0 Å². The molecular formula is C13H13NO4. The topological polar surface area (TPSA) is 86.6 Å². The smallest absolute Gasteiger partial charge is 0.408 e. The van der Waals surface area contributed by atoms with Crippen molar-refractivity contribution in [2.45, 2.75) is 6.42 Å². The fourth-order valence-electron chi connectivity index (χ4n) is 1.41. The monoisotopic (exact) mass is 247 g/mol. The molecule has 0 spiro atoms. The number of carbonyl (C=O) groups is 2. The predicted octanol–water partition coefficient (Wildman–Crippen LogP) is 2.26. The van der Waals surface area contributed by atoms with Crippen LogP contribution in [-0.2, 0) is 6.42 Å². The molecule has 18 heavy (non-hydrogen) atoms. The number of aromatic carboxylic acids is 1. The first kappa shape index (κ1) is 13.5. The van der Waals surface area contributed by atoms with E-state index in [1.54, 1.807) is 18.2 Å². The summed E-state index contributed by atoms with van der Waals surface area (Å²) in [6, 6.07) is 6.24. The van der Waals surface area contributed by atoms with Gasteiger partial charge in [0.05, 0.1) is 5.56 Å². The first-order valence-corrected chi connectivity index (χ1v) is 5.16. The molecule has 0 heterocycles. The molecule has 0 aliphatic heterocycles. The van der Waals surface area contributed by atoms with Crippen molar-refractivity contribution >= 4 is 12.1 Å². The number of allylic oxidation sites excluding steroid dienone is 3. The molecule has 3 N–H and O–H groups in total. The van der Waals surface area contributed by atoms with Gasteiger partial charge < -0.3 is 10.2 Å². The van der Waals surface area contributed by atoms with Crippen molar-refractivity contribution in [2.75, 3.05) is 0 Å². The fourth-order valence-corrected chi connectivity index (χ4v) is 1.41. The van der Waals surface area contributed by atoms with Crippen LogP contribution in [0.15, 0.2) is 48.7 Å². The molecule has 0 saturated heterocycles. The molecule has 0 aliphatic rings. The lowest BCUT2D eigenvalue weighted by atomic mass is 10.1. The third kappa shape index (κ3) is 4.13. The Morgan fingerprint density at radius 1 is 1.22 bits per heavy atom. The first-order valence-electron chi connectivity index (χ1n) is 5.16. The van der Waals surface area contributed by atoms with E-state index in [2.05, 4.69) is 11.9 Å². The number of nitrogens with one attached hydrogen (secondary N) is 1. The highest BCUT2D eigenvalue weighted by molar-refractivity contribution is 5.87. The Morgan fingerprint density at radius 3 is 2.28 bits per heavy atom. The highest BCUT2D eigenvalue weighted by atomic mass is 16.4. The van der Waals surface area contributed by atoms with Crippen LogP contribution in [0.3, 0.4) is 0 Å². The van der Waals surface area contributed by atoms with Gasteiger partial charge in [-0.25, -0.2) is 9.59 Å². The summed E-state index contributed by atoms with van der Waals surface area (Å²) >= 11 is 0. The Morgan fingerprint density at radius 2 is 1.83 bits per heavy atom. The van der Waals surface area contributed by atoms with Crippen molar-refractivity contribution in [1.82, 2.24) is 5.32 Å². The van der Waals surface area contributed by atoms with Gasteiger partial charge in [0.15, 0.2) is 0 Å². The zero-order valence-electron chi connectivity index (χ0n) is 9.59. The maximum absolute atomic E-state index is 10.7. The number of benzene rings is 1. The van der Waals surface area contributed by atoms with E-state index < -0.39 is 12.1 Å². The van der Waals surface area contributed by atoms with Crippen LogP contribution >= 0.6 is 0 Å². The number of hydrogen-bond donors (Lipinski definition) is 3.